The Kier molecular flexibility index (Phi) is 19.9. The highest BCUT2D eigenvalue weighted by atomic mass is 32.2. The summed E-state index contributed by atoms with van der Waals surface area (Å²) in [5.41, 5.74) is 0. The largest absolute Gasteiger partial charge is 0.169 e. The minimum Gasteiger partial charge on any atom is -0.169 e. The van der Waals surface area contributed by atoms with Crippen LogP contribution in [0, 0.1) is 0 Å². The molecule has 0 N–H and O–H groups in total. The van der Waals surface area contributed by atoms with Crippen molar-refractivity contribution in [2.45, 2.75) is 20.3 Å². The Bertz CT molecular complexity index is 72.7. The van der Waals surface area contributed by atoms with Crippen molar-refractivity contribution >= 4 is 11.8 Å². The van der Waals surface area contributed by atoms with Crippen LogP contribution in [0.1, 0.15) is 20.3 Å². The molecule has 10 heavy (non-hydrogen) atoms. The molecule has 0 heterocycles. The van der Waals surface area contributed by atoms with Crippen LogP contribution in [0.4, 0.5) is 0 Å². The molecule has 0 radical (unpaired) electrons. The summed E-state index contributed by atoms with van der Waals surface area (Å²) in [6.07, 6.45) is 13.6. The van der Waals surface area contributed by atoms with Crippen molar-refractivity contribution in [2.75, 3.05) is 12.5 Å². The van der Waals surface area contributed by atoms with Gasteiger partial charge >= 0.3 is 0 Å². The minimum atomic E-state index is 1.14. The topological polar surface area (TPSA) is 0 Å². The lowest BCUT2D eigenvalue weighted by Crippen LogP contribution is -1.37. The average Bonchev–Trinajstić information content (AvgIpc) is 2.48. The first-order valence-corrected chi connectivity index (χ1v) is 5.27. The molecule has 0 saturated carbocycles. The van der Waals surface area contributed by atoms with Crippen LogP contribution in [-0.4, -0.2) is 12.5 Å². The normalized spacial score (nSPS) is 11.2. The van der Waals surface area contributed by atoms with Crippen LogP contribution >= 0.6 is 11.8 Å². The molecule has 0 atom stereocenters. The third-order valence-electron chi connectivity index (χ3n) is 0.655. The standard InChI is InChI=1S/C5H6.C2H6S.C2H6/c1-2-4-5-3-1;1-3-2;1-2/h1-4H,5H2;1-2H3;1-2H3. The van der Waals surface area contributed by atoms with E-state index in [9.17, 15) is 0 Å². The molecule has 1 aliphatic rings. The maximum Gasteiger partial charge on any atom is -0.0163 e. The van der Waals surface area contributed by atoms with Crippen LogP contribution in [0.3, 0.4) is 0 Å². The highest BCUT2D eigenvalue weighted by Crippen LogP contribution is 1.93. The maximum absolute atomic E-state index is 2.12. The van der Waals surface area contributed by atoms with Gasteiger partial charge in [0, 0.05) is 0 Å². The zero-order valence-corrected chi connectivity index (χ0v) is 8.24. The lowest BCUT2D eigenvalue weighted by molar-refractivity contribution is 1.45. The summed E-state index contributed by atoms with van der Waals surface area (Å²) in [6, 6.07) is 0. The fraction of sp³-hybridized carbons (Fsp3) is 0.556. The van der Waals surface area contributed by atoms with E-state index in [0.717, 1.165) is 6.42 Å². The van der Waals surface area contributed by atoms with Crippen molar-refractivity contribution in [2.24, 2.45) is 0 Å². The number of hydrogen-bond donors (Lipinski definition) is 0. The highest BCUT2D eigenvalue weighted by molar-refractivity contribution is 7.97. The van der Waals surface area contributed by atoms with Crippen LogP contribution in [0.15, 0.2) is 24.3 Å². The maximum atomic E-state index is 2.12. The van der Waals surface area contributed by atoms with E-state index in [2.05, 4.69) is 24.3 Å². The molecule has 0 bridgehead atoms. The van der Waals surface area contributed by atoms with Gasteiger partial charge in [-0.15, -0.1) is 0 Å². The number of thioether (sulfide) groups is 1. The van der Waals surface area contributed by atoms with Crippen molar-refractivity contribution in [3.05, 3.63) is 24.3 Å². The van der Waals surface area contributed by atoms with Gasteiger partial charge in [0.15, 0.2) is 0 Å². The second kappa shape index (κ2) is 15.9. The summed E-state index contributed by atoms with van der Waals surface area (Å²) < 4.78 is 0. The molecule has 0 amide bonds. The lowest BCUT2D eigenvalue weighted by Gasteiger charge is -1.57. The van der Waals surface area contributed by atoms with E-state index in [0.29, 0.717) is 0 Å². The van der Waals surface area contributed by atoms with Crippen LogP contribution in [0.25, 0.3) is 0 Å². The molecule has 0 aromatic rings. The van der Waals surface area contributed by atoms with Gasteiger partial charge in [-0.25, -0.2) is 0 Å². The van der Waals surface area contributed by atoms with Crippen LogP contribution < -0.4 is 0 Å². The molecule has 60 valence electrons. The predicted molar refractivity (Wildman–Crippen MR) is 53.7 cm³/mol. The summed E-state index contributed by atoms with van der Waals surface area (Å²) in [6.45, 7) is 4.00. The number of hydrogen-bond acceptors (Lipinski definition) is 1. The van der Waals surface area contributed by atoms with Crippen molar-refractivity contribution in [1.29, 1.82) is 0 Å². The summed E-state index contributed by atoms with van der Waals surface area (Å²) in [5.74, 6) is 0. The first-order valence-electron chi connectivity index (χ1n) is 3.63. The van der Waals surface area contributed by atoms with Gasteiger partial charge in [-0.1, -0.05) is 38.2 Å². The van der Waals surface area contributed by atoms with Crippen molar-refractivity contribution in [3.63, 3.8) is 0 Å². The second-order valence-corrected chi connectivity index (χ2v) is 2.32. The average molecular weight is 158 g/mol. The first kappa shape index (κ1) is 12.5. The van der Waals surface area contributed by atoms with E-state index in [-0.39, 0.29) is 0 Å². The second-order valence-electron chi connectivity index (χ2n) is 1.50. The van der Waals surface area contributed by atoms with Gasteiger partial charge in [0.25, 0.3) is 0 Å². The molecule has 0 fully saturated rings. The zero-order chi connectivity index (χ0) is 8.24. The SMILES string of the molecule is C1=CCC=C1.CC.CSC. The van der Waals surface area contributed by atoms with E-state index in [1.165, 1.54) is 0 Å². The van der Waals surface area contributed by atoms with Gasteiger partial charge in [-0.2, -0.15) is 11.8 Å². The fourth-order valence-corrected chi connectivity index (χ4v) is 0.393. The Morgan fingerprint density at radius 3 is 1.40 bits per heavy atom. The Morgan fingerprint density at radius 2 is 1.30 bits per heavy atom. The van der Waals surface area contributed by atoms with Crippen molar-refractivity contribution < 1.29 is 0 Å². The van der Waals surface area contributed by atoms with Gasteiger partial charge in [-0.3, -0.25) is 0 Å². The van der Waals surface area contributed by atoms with E-state index >= 15 is 0 Å². The Balaban J connectivity index is 0. The minimum absolute atomic E-state index is 1.14. The quantitative estimate of drug-likeness (QED) is 0.520. The molecule has 0 aromatic heterocycles. The molecule has 0 spiro atoms. The molecular formula is C9H18S. The molecule has 0 saturated heterocycles. The number of allylic oxidation sites excluding steroid dienone is 4. The molecule has 1 heteroatoms. The first-order chi connectivity index (χ1) is 4.91. The summed E-state index contributed by atoms with van der Waals surface area (Å²) >= 11 is 1.75. The number of rotatable bonds is 0. The third-order valence-corrected chi connectivity index (χ3v) is 0.655. The lowest BCUT2D eigenvalue weighted by atomic mass is 10.5. The van der Waals surface area contributed by atoms with Crippen molar-refractivity contribution in [1.82, 2.24) is 0 Å². The van der Waals surface area contributed by atoms with Crippen LogP contribution in [0.2, 0.25) is 0 Å². The van der Waals surface area contributed by atoms with Gasteiger partial charge < -0.3 is 0 Å². The van der Waals surface area contributed by atoms with Gasteiger partial charge in [0.1, 0.15) is 0 Å². The Hall–Kier alpha value is -0.170. The summed E-state index contributed by atoms with van der Waals surface area (Å²) in [7, 11) is 0. The summed E-state index contributed by atoms with van der Waals surface area (Å²) in [5, 5.41) is 0. The molecule has 1 aliphatic carbocycles. The van der Waals surface area contributed by atoms with Gasteiger partial charge in [0.05, 0.1) is 0 Å². The predicted octanol–water partition coefficient (Wildman–Crippen LogP) is 3.51. The summed E-state index contributed by atoms with van der Waals surface area (Å²) in [4.78, 5) is 0. The van der Waals surface area contributed by atoms with Crippen molar-refractivity contribution in [3.8, 4) is 0 Å². The Morgan fingerprint density at radius 1 is 1.00 bits per heavy atom. The van der Waals surface area contributed by atoms with Gasteiger partial charge in [0.2, 0.25) is 0 Å². The van der Waals surface area contributed by atoms with E-state index in [1.807, 2.05) is 26.4 Å². The van der Waals surface area contributed by atoms with Crippen LogP contribution in [0.5, 0.6) is 0 Å². The van der Waals surface area contributed by atoms with E-state index in [4.69, 9.17) is 0 Å². The third kappa shape index (κ3) is 15.7. The highest BCUT2D eigenvalue weighted by Gasteiger charge is 1.72. The van der Waals surface area contributed by atoms with Gasteiger partial charge in [-0.05, 0) is 18.9 Å². The van der Waals surface area contributed by atoms with Crippen LogP contribution in [-0.2, 0) is 0 Å². The fourth-order valence-electron chi connectivity index (χ4n) is 0.393. The zero-order valence-electron chi connectivity index (χ0n) is 7.42. The molecule has 0 aliphatic heterocycles. The van der Waals surface area contributed by atoms with E-state index in [1.54, 1.807) is 11.8 Å². The smallest absolute Gasteiger partial charge is 0.0163 e. The molecule has 0 aromatic carbocycles. The Labute approximate surface area is 69.4 Å². The molecule has 0 unspecified atom stereocenters. The van der Waals surface area contributed by atoms with E-state index < -0.39 is 0 Å². The molecule has 1 rings (SSSR count). The monoisotopic (exact) mass is 158 g/mol. The molecular weight excluding hydrogens is 140 g/mol. The molecule has 0 nitrogen and oxygen atoms in total.